The van der Waals surface area contributed by atoms with Crippen molar-refractivity contribution in [3.05, 3.63) is 11.7 Å². The fourth-order valence-electron chi connectivity index (χ4n) is 2.02. The molecule has 4 nitrogen and oxygen atoms in total. The Balaban J connectivity index is 0.00000162. The van der Waals surface area contributed by atoms with Crippen LogP contribution >= 0.6 is 24.2 Å². The molecular formula is C12H22ClN3OS. The largest absolute Gasteiger partial charge is 0.338 e. The highest BCUT2D eigenvalue weighted by molar-refractivity contribution is 7.99. The van der Waals surface area contributed by atoms with Gasteiger partial charge in [0.05, 0.1) is 11.3 Å². The summed E-state index contributed by atoms with van der Waals surface area (Å²) in [4.78, 5) is 4.44. The molecule has 1 aliphatic rings. The van der Waals surface area contributed by atoms with Gasteiger partial charge in [0.1, 0.15) is 0 Å². The first-order chi connectivity index (χ1) is 7.89. The first-order valence-electron chi connectivity index (χ1n) is 6.15. The van der Waals surface area contributed by atoms with Crippen LogP contribution in [0.25, 0.3) is 0 Å². The Kier molecular flexibility index (Phi) is 5.09. The van der Waals surface area contributed by atoms with Crippen molar-refractivity contribution in [1.82, 2.24) is 10.1 Å². The predicted octanol–water partition coefficient (Wildman–Crippen LogP) is 3.25. The quantitative estimate of drug-likeness (QED) is 0.926. The molecule has 0 spiro atoms. The van der Waals surface area contributed by atoms with Gasteiger partial charge < -0.3 is 10.3 Å². The van der Waals surface area contributed by atoms with E-state index in [0.29, 0.717) is 11.7 Å². The molecule has 0 amide bonds. The zero-order valence-electron chi connectivity index (χ0n) is 11.2. The van der Waals surface area contributed by atoms with E-state index in [0.717, 1.165) is 31.4 Å². The second kappa shape index (κ2) is 5.80. The van der Waals surface area contributed by atoms with Crippen molar-refractivity contribution in [2.75, 3.05) is 0 Å². The average molecular weight is 292 g/mol. The molecule has 0 aliphatic heterocycles. The van der Waals surface area contributed by atoms with Crippen LogP contribution in [-0.2, 0) is 11.3 Å². The lowest BCUT2D eigenvalue weighted by Gasteiger charge is -2.18. The first-order valence-corrected chi connectivity index (χ1v) is 7.14. The number of nitrogens with zero attached hydrogens (tertiary/aromatic N) is 2. The number of nitrogens with two attached hydrogens (primary N) is 1. The topological polar surface area (TPSA) is 64.9 Å². The number of hydrogen-bond acceptors (Lipinski definition) is 5. The van der Waals surface area contributed by atoms with Gasteiger partial charge in [0.2, 0.25) is 5.89 Å². The molecule has 1 saturated carbocycles. The summed E-state index contributed by atoms with van der Waals surface area (Å²) >= 11 is 1.80. The maximum absolute atomic E-state index is 6.28. The van der Waals surface area contributed by atoms with E-state index in [9.17, 15) is 0 Å². The smallest absolute Gasteiger partial charge is 0.236 e. The number of aromatic nitrogens is 2. The van der Waals surface area contributed by atoms with Crippen LogP contribution in [0.3, 0.4) is 0 Å². The van der Waals surface area contributed by atoms with E-state index in [-0.39, 0.29) is 22.7 Å². The van der Waals surface area contributed by atoms with Crippen LogP contribution < -0.4 is 5.73 Å². The highest BCUT2D eigenvalue weighted by Gasteiger charge is 2.35. The molecular weight excluding hydrogens is 270 g/mol. The Morgan fingerprint density at radius 1 is 1.33 bits per heavy atom. The lowest BCUT2D eigenvalue weighted by molar-refractivity contribution is 0.355. The molecule has 18 heavy (non-hydrogen) atoms. The third-order valence-corrected chi connectivity index (χ3v) is 4.30. The molecule has 1 aliphatic carbocycles. The zero-order chi connectivity index (χ0) is 12.5. The average Bonchev–Trinajstić information content (AvgIpc) is 2.83. The summed E-state index contributed by atoms with van der Waals surface area (Å²) in [5.41, 5.74) is 5.94. The predicted molar refractivity (Wildman–Crippen MR) is 76.9 cm³/mol. The number of hydrogen-bond donors (Lipinski definition) is 1. The molecule has 0 atom stereocenters. The van der Waals surface area contributed by atoms with Crippen LogP contribution in [0.5, 0.6) is 0 Å². The molecule has 104 valence electrons. The van der Waals surface area contributed by atoms with E-state index in [4.69, 9.17) is 10.3 Å². The summed E-state index contributed by atoms with van der Waals surface area (Å²) in [5.74, 6) is 2.14. The van der Waals surface area contributed by atoms with Crippen LogP contribution in [0.4, 0.5) is 0 Å². The molecule has 6 heteroatoms. The SMILES string of the molecule is CC(C)(C)SCc1nc(C2(N)CCCC2)no1.Cl. The summed E-state index contributed by atoms with van der Waals surface area (Å²) in [5, 5.41) is 4.05. The van der Waals surface area contributed by atoms with E-state index in [1.165, 1.54) is 0 Å². The van der Waals surface area contributed by atoms with Gasteiger partial charge in [-0.1, -0.05) is 38.8 Å². The van der Waals surface area contributed by atoms with Gasteiger partial charge in [-0.2, -0.15) is 4.98 Å². The van der Waals surface area contributed by atoms with E-state index < -0.39 is 0 Å². The van der Waals surface area contributed by atoms with Crippen LogP contribution in [0.2, 0.25) is 0 Å². The van der Waals surface area contributed by atoms with E-state index >= 15 is 0 Å². The van der Waals surface area contributed by atoms with Gasteiger partial charge in [-0.3, -0.25) is 0 Å². The van der Waals surface area contributed by atoms with Crippen molar-refractivity contribution in [3.63, 3.8) is 0 Å². The monoisotopic (exact) mass is 291 g/mol. The minimum absolute atomic E-state index is 0. The van der Waals surface area contributed by atoms with Gasteiger partial charge in [0, 0.05) is 4.75 Å². The zero-order valence-corrected chi connectivity index (χ0v) is 12.9. The Labute approximate surface area is 119 Å². The number of thioether (sulfide) groups is 1. The normalized spacial score (nSPS) is 18.7. The standard InChI is InChI=1S/C12H21N3OS.ClH/c1-11(2,3)17-8-9-14-10(15-16-9)12(13)6-4-5-7-12;/h4-8,13H2,1-3H3;1H. The molecule has 0 saturated heterocycles. The number of rotatable bonds is 3. The molecule has 1 heterocycles. The van der Waals surface area contributed by atoms with Crippen LogP contribution in [0.1, 0.15) is 58.2 Å². The second-order valence-corrected chi connectivity index (χ2v) is 7.58. The Morgan fingerprint density at radius 3 is 2.50 bits per heavy atom. The molecule has 0 radical (unpaired) electrons. The maximum atomic E-state index is 6.28. The lowest BCUT2D eigenvalue weighted by Crippen LogP contribution is -2.34. The van der Waals surface area contributed by atoms with Gasteiger partial charge in [-0.05, 0) is 12.8 Å². The van der Waals surface area contributed by atoms with Crippen molar-refractivity contribution in [2.24, 2.45) is 5.73 Å². The van der Waals surface area contributed by atoms with Crippen molar-refractivity contribution < 1.29 is 4.52 Å². The Hall–Kier alpha value is -0.260. The highest BCUT2D eigenvalue weighted by atomic mass is 35.5. The highest BCUT2D eigenvalue weighted by Crippen LogP contribution is 2.35. The lowest BCUT2D eigenvalue weighted by atomic mass is 9.99. The summed E-state index contributed by atoms with van der Waals surface area (Å²) in [7, 11) is 0. The second-order valence-electron chi connectivity index (χ2n) is 5.78. The molecule has 0 bridgehead atoms. The molecule has 1 fully saturated rings. The van der Waals surface area contributed by atoms with Gasteiger partial charge in [-0.25, -0.2) is 0 Å². The summed E-state index contributed by atoms with van der Waals surface area (Å²) in [6.07, 6.45) is 4.27. The minimum atomic E-state index is -0.339. The van der Waals surface area contributed by atoms with Crippen molar-refractivity contribution in [3.8, 4) is 0 Å². The van der Waals surface area contributed by atoms with E-state index in [1.807, 2.05) is 0 Å². The summed E-state index contributed by atoms with van der Waals surface area (Å²) in [6, 6.07) is 0. The molecule has 1 aromatic rings. The Morgan fingerprint density at radius 2 is 1.94 bits per heavy atom. The van der Waals surface area contributed by atoms with Crippen LogP contribution in [-0.4, -0.2) is 14.9 Å². The molecule has 2 N–H and O–H groups in total. The van der Waals surface area contributed by atoms with Gasteiger partial charge in [0.25, 0.3) is 0 Å². The summed E-state index contributed by atoms with van der Waals surface area (Å²) < 4.78 is 5.49. The maximum Gasteiger partial charge on any atom is 0.236 e. The van der Waals surface area contributed by atoms with Crippen molar-refractivity contribution >= 4 is 24.2 Å². The minimum Gasteiger partial charge on any atom is -0.338 e. The fourth-order valence-corrected chi connectivity index (χ4v) is 2.70. The molecule has 0 unspecified atom stereocenters. The van der Waals surface area contributed by atoms with Crippen molar-refractivity contribution in [2.45, 2.75) is 62.5 Å². The van der Waals surface area contributed by atoms with Crippen molar-refractivity contribution in [1.29, 1.82) is 0 Å². The molecule has 2 rings (SSSR count). The van der Waals surface area contributed by atoms with Gasteiger partial charge in [0.15, 0.2) is 5.82 Å². The van der Waals surface area contributed by atoms with E-state index in [2.05, 4.69) is 30.9 Å². The van der Waals surface area contributed by atoms with Crippen LogP contribution in [0, 0.1) is 0 Å². The Bertz CT molecular complexity index is 383. The third kappa shape index (κ3) is 3.87. The fraction of sp³-hybridized carbons (Fsp3) is 0.833. The third-order valence-electron chi connectivity index (χ3n) is 3.04. The molecule has 1 aromatic heterocycles. The summed E-state index contributed by atoms with van der Waals surface area (Å²) in [6.45, 7) is 6.53. The number of halogens is 1. The van der Waals surface area contributed by atoms with E-state index in [1.54, 1.807) is 11.8 Å². The molecule has 0 aromatic carbocycles. The first kappa shape index (κ1) is 15.8. The van der Waals surface area contributed by atoms with Gasteiger partial charge in [-0.15, -0.1) is 24.2 Å². The van der Waals surface area contributed by atoms with Gasteiger partial charge >= 0.3 is 0 Å². The van der Waals surface area contributed by atoms with Crippen LogP contribution in [0.15, 0.2) is 4.52 Å².